The van der Waals surface area contributed by atoms with Crippen molar-refractivity contribution >= 4 is 22.8 Å². The van der Waals surface area contributed by atoms with Gasteiger partial charge < -0.3 is 19.7 Å². The normalized spacial score (nSPS) is 17.7. The molecule has 0 aliphatic carbocycles. The summed E-state index contributed by atoms with van der Waals surface area (Å²) in [5, 5.41) is 0. The Hall–Kier alpha value is -2.48. The maximum atomic E-state index is 13.3. The van der Waals surface area contributed by atoms with Crippen LogP contribution in [0.25, 0.3) is 11.0 Å². The largest absolute Gasteiger partial charge is 0.341 e. The number of rotatable bonds is 6. The van der Waals surface area contributed by atoms with Crippen molar-refractivity contribution in [1.82, 2.24) is 24.7 Å². The molecule has 146 valence electrons. The summed E-state index contributed by atoms with van der Waals surface area (Å²) in [5.74, 6) is 0.207. The van der Waals surface area contributed by atoms with E-state index in [0.29, 0.717) is 49.3 Å². The minimum atomic E-state index is -0.327. The number of H-pyrrole nitrogens is 1. The summed E-state index contributed by atoms with van der Waals surface area (Å²) in [6, 6.07) is 4.37. The van der Waals surface area contributed by atoms with Crippen molar-refractivity contribution < 1.29 is 14.0 Å². The Balaban J connectivity index is 1.62. The number of carbonyl (C=O) groups excluding carboxylic acids is 2. The molecular weight excluding hydrogens is 349 g/mol. The van der Waals surface area contributed by atoms with Gasteiger partial charge in [-0.3, -0.25) is 9.59 Å². The minimum absolute atomic E-state index is 0.00369. The number of halogens is 1. The number of benzene rings is 1. The first-order valence-corrected chi connectivity index (χ1v) is 9.15. The Morgan fingerprint density at radius 3 is 2.89 bits per heavy atom. The molecule has 1 aromatic carbocycles. The van der Waals surface area contributed by atoms with Gasteiger partial charge in [-0.05, 0) is 38.7 Å². The van der Waals surface area contributed by atoms with E-state index < -0.39 is 0 Å². The van der Waals surface area contributed by atoms with E-state index in [2.05, 4.69) is 9.97 Å². The van der Waals surface area contributed by atoms with E-state index in [9.17, 15) is 14.0 Å². The zero-order valence-corrected chi connectivity index (χ0v) is 16.0. The Bertz CT molecular complexity index is 835. The van der Waals surface area contributed by atoms with Crippen molar-refractivity contribution in [2.45, 2.75) is 19.4 Å². The van der Waals surface area contributed by atoms with Gasteiger partial charge in [0, 0.05) is 33.1 Å². The van der Waals surface area contributed by atoms with Gasteiger partial charge in [0.05, 0.1) is 23.5 Å². The van der Waals surface area contributed by atoms with E-state index in [1.54, 1.807) is 22.9 Å². The molecule has 2 aromatic rings. The van der Waals surface area contributed by atoms with Crippen molar-refractivity contribution in [2.24, 2.45) is 5.92 Å². The first-order valence-electron chi connectivity index (χ1n) is 9.15. The number of likely N-dealkylation sites (tertiary alicyclic amines) is 1. The van der Waals surface area contributed by atoms with Gasteiger partial charge in [0.25, 0.3) is 0 Å². The smallest absolute Gasteiger partial charge is 0.227 e. The van der Waals surface area contributed by atoms with Crippen LogP contribution in [0.4, 0.5) is 4.39 Å². The molecule has 1 aromatic heterocycles. The molecule has 1 fully saturated rings. The number of aromatic amines is 1. The van der Waals surface area contributed by atoms with Crippen LogP contribution < -0.4 is 0 Å². The first-order chi connectivity index (χ1) is 12.8. The van der Waals surface area contributed by atoms with Crippen LogP contribution in [0, 0.1) is 11.7 Å². The summed E-state index contributed by atoms with van der Waals surface area (Å²) in [6.45, 7) is 2.19. The molecule has 0 bridgehead atoms. The number of nitrogens with one attached hydrogen (secondary N) is 1. The van der Waals surface area contributed by atoms with Crippen molar-refractivity contribution in [2.75, 3.05) is 40.8 Å². The van der Waals surface area contributed by atoms with Crippen LogP contribution in [0.1, 0.15) is 18.7 Å². The molecular formula is C19H26FN5O2. The third kappa shape index (κ3) is 4.63. The van der Waals surface area contributed by atoms with Crippen LogP contribution >= 0.6 is 0 Å². The highest BCUT2D eigenvalue weighted by Gasteiger charge is 2.31. The molecule has 1 aliphatic rings. The average Bonchev–Trinajstić information content (AvgIpc) is 3.01. The highest BCUT2D eigenvalue weighted by molar-refractivity contribution is 5.84. The predicted octanol–water partition coefficient (Wildman–Crippen LogP) is 1.46. The van der Waals surface area contributed by atoms with Gasteiger partial charge in [-0.2, -0.15) is 0 Å². The molecule has 1 atom stereocenters. The lowest BCUT2D eigenvalue weighted by Crippen LogP contribution is -2.47. The number of amides is 2. The molecule has 27 heavy (non-hydrogen) atoms. The zero-order chi connectivity index (χ0) is 19.6. The van der Waals surface area contributed by atoms with E-state index >= 15 is 0 Å². The molecule has 1 N–H and O–H groups in total. The molecule has 0 saturated carbocycles. The van der Waals surface area contributed by atoms with Crippen molar-refractivity contribution in [1.29, 1.82) is 0 Å². The van der Waals surface area contributed by atoms with E-state index in [1.807, 2.05) is 19.0 Å². The van der Waals surface area contributed by atoms with Crippen molar-refractivity contribution in [3.8, 4) is 0 Å². The fourth-order valence-electron chi connectivity index (χ4n) is 3.38. The molecule has 0 spiro atoms. The van der Waals surface area contributed by atoms with E-state index in [1.165, 1.54) is 12.1 Å². The van der Waals surface area contributed by atoms with Crippen LogP contribution in [0.15, 0.2) is 18.2 Å². The van der Waals surface area contributed by atoms with Crippen LogP contribution in [-0.4, -0.2) is 77.3 Å². The number of likely N-dealkylation sites (N-methyl/N-ethyl adjacent to an activating group) is 1. The molecule has 0 radical (unpaired) electrons. The van der Waals surface area contributed by atoms with Crippen molar-refractivity contribution in [3.63, 3.8) is 0 Å². The average molecular weight is 375 g/mol. The summed E-state index contributed by atoms with van der Waals surface area (Å²) in [4.78, 5) is 37.8. The maximum absolute atomic E-state index is 13.3. The molecule has 3 rings (SSSR count). The van der Waals surface area contributed by atoms with Gasteiger partial charge in [0.15, 0.2) is 0 Å². The lowest BCUT2D eigenvalue weighted by atomic mass is 9.96. The zero-order valence-electron chi connectivity index (χ0n) is 16.0. The lowest BCUT2D eigenvalue weighted by molar-refractivity contribution is -0.142. The number of imidazole rings is 1. The topological polar surface area (TPSA) is 72.5 Å². The van der Waals surface area contributed by atoms with Crippen LogP contribution in [0.5, 0.6) is 0 Å². The minimum Gasteiger partial charge on any atom is -0.341 e. The highest BCUT2D eigenvalue weighted by atomic mass is 19.1. The number of hydrogen-bond acceptors (Lipinski definition) is 4. The van der Waals surface area contributed by atoms with Crippen LogP contribution in [0.2, 0.25) is 0 Å². The Morgan fingerprint density at radius 2 is 2.15 bits per heavy atom. The Labute approximate surface area is 158 Å². The second-order valence-corrected chi connectivity index (χ2v) is 7.42. The molecule has 1 aliphatic heterocycles. The van der Waals surface area contributed by atoms with Crippen molar-refractivity contribution in [3.05, 3.63) is 29.8 Å². The summed E-state index contributed by atoms with van der Waals surface area (Å²) < 4.78 is 13.3. The molecule has 8 heteroatoms. The molecule has 1 unspecified atom stereocenters. The Kier molecular flexibility index (Phi) is 5.74. The number of nitrogens with zero attached hydrogens (tertiary/aromatic N) is 4. The standard InChI is InChI=1S/C19H26FN5O2/c1-23(2)8-9-25-11-13(4-7-18(25)26)19(27)24(3)12-17-21-15-6-5-14(20)10-16(15)22-17/h5-6,10,13H,4,7-9,11-12H2,1-3H3,(H,21,22). The van der Waals surface area contributed by atoms with Gasteiger partial charge >= 0.3 is 0 Å². The predicted molar refractivity (Wildman–Crippen MR) is 100 cm³/mol. The fraction of sp³-hybridized carbons (Fsp3) is 0.526. The van der Waals surface area contributed by atoms with Gasteiger partial charge in [0.1, 0.15) is 11.6 Å². The van der Waals surface area contributed by atoms with Gasteiger partial charge in [0.2, 0.25) is 11.8 Å². The lowest BCUT2D eigenvalue weighted by Gasteiger charge is -2.34. The monoisotopic (exact) mass is 375 g/mol. The molecule has 1 saturated heterocycles. The van der Waals surface area contributed by atoms with E-state index in [4.69, 9.17) is 0 Å². The van der Waals surface area contributed by atoms with E-state index in [-0.39, 0.29) is 23.5 Å². The summed E-state index contributed by atoms with van der Waals surface area (Å²) in [6.07, 6.45) is 0.980. The SMILES string of the molecule is CN(C)CCN1CC(C(=O)N(C)Cc2nc3ccc(F)cc3[nH]2)CCC1=O. The third-order valence-corrected chi connectivity index (χ3v) is 4.92. The number of fused-ring (bicyclic) bond motifs is 1. The molecule has 2 amide bonds. The van der Waals surface area contributed by atoms with Gasteiger partial charge in [-0.15, -0.1) is 0 Å². The van der Waals surface area contributed by atoms with Gasteiger partial charge in [-0.1, -0.05) is 0 Å². The van der Waals surface area contributed by atoms with Crippen LogP contribution in [-0.2, 0) is 16.1 Å². The number of carbonyl (C=O) groups is 2. The second kappa shape index (κ2) is 8.04. The Morgan fingerprint density at radius 1 is 1.37 bits per heavy atom. The molecule has 2 heterocycles. The number of hydrogen-bond donors (Lipinski definition) is 1. The summed E-state index contributed by atoms with van der Waals surface area (Å²) >= 11 is 0. The second-order valence-electron chi connectivity index (χ2n) is 7.42. The fourth-order valence-corrected chi connectivity index (χ4v) is 3.38. The maximum Gasteiger partial charge on any atom is 0.227 e. The summed E-state index contributed by atoms with van der Waals surface area (Å²) in [7, 11) is 5.66. The van der Waals surface area contributed by atoms with Crippen LogP contribution in [0.3, 0.4) is 0 Å². The summed E-state index contributed by atoms with van der Waals surface area (Å²) in [5.41, 5.74) is 1.29. The quantitative estimate of drug-likeness (QED) is 0.830. The number of piperidine rings is 1. The number of aromatic nitrogens is 2. The highest BCUT2D eigenvalue weighted by Crippen LogP contribution is 2.21. The molecule has 7 nitrogen and oxygen atoms in total. The first kappa shape index (κ1) is 19.3. The van der Waals surface area contributed by atoms with E-state index in [0.717, 1.165) is 6.54 Å². The van der Waals surface area contributed by atoms with Gasteiger partial charge in [-0.25, -0.2) is 9.37 Å². The third-order valence-electron chi connectivity index (χ3n) is 4.92.